The molecule has 0 bridgehead atoms. The first-order valence-electron chi connectivity index (χ1n) is 6.81. The third-order valence-electron chi connectivity index (χ3n) is 2.82. The molecule has 120 valence electrons. The molecule has 0 radical (unpaired) electrons. The van der Waals surface area contributed by atoms with Crippen LogP contribution in [0.25, 0.3) is 0 Å². The summed E-state index contributed by atoms with van der Waals surface area (Å²) in [5.41, 5.74) is 2.13. The van der Waals surface area contributed by atoms with Crippen molar-refractivity contribution in [3.63, 3.8) is 0 Å². The summed E-state index contributed by atoms with van der Waals surface area (Å²) in [5, 5.41) is 12.8. The molecule has 0 fully saturated rings. The Balaban J connectivity index is 2.22. The van der Waals surface area contributed by atoms with Crippen molar-refractivity contribution in [2.75, 3.05) is 32.5 Å². The van der Waals surface area contributed by atoms with E-state index in [1.54, 1.807) is 0 Å². The molecule has 0 aliphatic carbocycles. The van der Waals surface area contributed by atoms with Gasteiger partial charge in [-0.1, -0.05) is 12.1 Å². The van der Waals surface area contributed by atoms with Crippen LogP contribution in [0.2, 0.25) is 0 Å². The molecule has 6 nitrogen and oxygen atoms in total. The number of aryl methyl sites for hydroxylation is 2. The van der Waals surface area contributed by atoms with Gasteiger partial charge in [0.15, 0.2) is 0 Å². The summed E-state index contributed by atoms with van der Waals surface area (Å²) in [6.07, 6.45) is 0.461. The van der Waals surface area contributed by atoms with E-state index in [-0.39, 0.29) is 6.61 Å². The first-order chi connectivity index (χ1) is 9.78. The molecule has 0 spiro atoms. The molecular weight excluding hydrogens is 292 g/mol. The van der Waals surface area contributed by atoms with Crippen molar-refractivity contribution in [3.8, 4) is 5.75 Å². The Morgan fingerprint density at radius 1 is 1.29 bits per heavy atom. The minimum absolute atomic E-state index is 0.191. The molecule has 0 heterocycles. The normalized spacial score (nSPS) is 13.1. The Bertz CT molecular complexity index is 546. The molecule has 1 rings (SSSR count). The van der Waals surface area contributed by atoms with E-state index >= 15 is 0 Å². The molecule has 0 saturated heterocycles. The van der Waals surface area contributed by atoms with Crippen LogP contribution in [0.3, 0.4) is 0 Å². The van der Waals surface area contributed by atoms with Gasteiger partial charge in [-0.2, -0.15) is 0 Å². The summed E-state index contributed by atoms with van der Waals surface area (Å²) in [6, 6.07) is 5.92. The SMILES string of the molecule is Cc1ccc(C)c(OCC(O)CNCCNS(C)(=O)=O)c1. The predicted octanol–water partition coefficient (Wildman–Crippen LogP) is 0.182. The lowest BCUT2D eigenvalue weighted by molar-refractivity contribution is 0.106. The topological polar surface area (TPSA) is 87.7 Å². The van der Waals surface area contributed by atoms with Crippen LogP contribution < -0.4 is 14.8 Å². The monoisotopic (exact) mass is 316 g/mol. The van der Waals surface area contributed by atoms with Gasteiger partial charge in [0.2, 0.25) is 10.0 Å². The maximum atomic E-state index is 10.8. The molecule has 21 heavy (non-hydrogen) atoms. The molecule has 0 aromatic heterocycles. The fourth-order valence-corrected chi connectivity index (χ4v) is 2.17. The standard InChI is InChI=1S/C14H24N2O4S/c1-11-4-5-12(2)14(8-11)20-10-13(17)9-15-6-7-16-21(3,18)19/h4-5,8,13,15-17H,6-7,9-10H2,1-3H3. The van der Waals surface area contributed by atoms with Gasteiger partial charge in [-0.25, -0.2) is 13.1 Å². The fraction of sp³-hybridized carbons (Fsp3) is 0.571. The number of ether oxygens (including phenoxy) is 1. The molecule has 1 aromatic carbocycles. The number of benzene rings is 1. The van der Waals surface area contributed by atoms with Crippen LogP contribution in [0.5, 0.6) is 5.75 Å². The van der Waals surface area contributed by atoms with Gasteiger partial charge in [-0.15, -0.1) is 0 Å². The van der Waals surface area contributed by atoms with Crippen molar-refractivity contribution >= 4 is 10.0 Å². The molecule has 0 amide bonds. The molecular formula is C14H24N2O4S. The number of hydrogen-bond acceptors (Lipinski definition) is 5. The Morgan fingerprint density at radius 2 is 2.00 bits per heavy atom. The lowest BCUT2D eigenvalue weighted by Crippen LogP contribution is -2.36. The van der Waals surface area contributed by atoms with E-state index in [1.165, 1.54) is 0 Å². The molecule has 1 unspecified atom stereocenters. The zero-order chi connectivity index (χ0) is 15.9. The van der Waals surface area contributed by atoms with E-state index in [0.29, 0.717) is 19.6 Å². The summed E-state index contributed by atoms with van der Waals surface area (Å²) in [6.45, 7) is 5.22. The highest BCUT2D eigenvalue weighted by atomic mass is 32.2. The minimum Gasteiger partial charge on any atom is -0.491 e. The number of sulfonamides is 1. The Kier molecular flexibility index (Phi) is 7.10. The van der Waals surface area contributed by atoms with Gasteiger partial charge in [0.05, 0.1) is 6.26 Å². The second kappa shape index (κ2) is 8.33. The second-order valence-corrected chi connectivity index (χ2v) is 6.94. The summed E-state index contributed by atoms with van der Waals surface area (Å²) < 4.78 is 29.6. The van der Waals surface area contributed by atoms with Gasteiger partial charge in [-0.3, -0.25) is 0 Å². The van der Waals surface area contributed by atoms with Crippen LogP contribution >= 0.6 is 0 Å². The molecule has 1 atom stereocenters. The molecule has 0 saturated carbocycles. The van der Waals surface area contributed by atoms with Crippen LogP contribution in [0, 0.1) is 13.8 Å². The van der Waals surface area contributed by atoms with Crippen LogP contribution in [-0.4, -0.2) is 52.1 Å². The summed E-state index contributed by atoms with van der Waals surface area (Å²) in [7, 11) is -3.16. The van der Waals surface area contributed by atoms with Crippen LogP contribution in [0.15, 0.2) is 18.2 Å². The van der Waals surface area contributed by atoms with Crippen molar-refractivity contribution in [1.29, 1.82) is 0 Å². The average molecular weight is 316 g/mol. The first kappa shape index (κ1) is 17.9. The average Bonchev–Trinajstić information content (AvgIpc) is 2.38. The second-order valence-electron chi connectivity index (χ2n) is 5.10. The van der Waals surface area contributed by atoms with E-state index in [1.807, 2.05) is 32.0 Å². The summed E-state index contributed by atoms with van der Waals surface area (Å²) in [4.78, 5) is 0. The first-order valence-corrected chi connectivity index (χ1v) is 8.70. The van der Waals surface area contributed by atoms with E-state index in [2.05, 4.69) is 10.0 Å². The van der Waals surface area contributed by atoms with Crippen molar-refractivity contribution in [1.82, 2.24) is 10.0 Å². The zero-order valence-corrected chi connectivity index (χ0v) is 13.5. The number of hydrogen-bond donors (Lipinski definition) is 3. The number of aliphatic hydroxyl groups excluding tert-OH is 1. The van der Waals surface area contributed by atoms with Gasteiger partial charge in [-0.05, 0) is 31.0 Å². The smallest absolute Gasteiger partial charge is 0.208 e. The van der Waals surface area contributed by atoms with E-state index in [9.17, 15) is 13.5 Å². The molecule has 7 heteroatoms. The number of nitrogens with one attached hydrogen (secondary N) is 2. The quantitative estimate of drug-likeness (QED) is 0.566. The predicted molar refractivity (Wildman–Crippen MR) is 83.1 cm³/mol. The largest absolute Gasteiger partial charge is 0.491 e. The van der Waals surface area contributed by atoms with E-state index < -0.39 is 16.1 Å². The lowest BCUT2D eigenvalue weighted by atomic mass is 10.1. The van der Waals surface area contributed by atoms with Gasteiger partial charge < -0.3 is 15.2 Å². The Hall–Kier alpha value is -1.15. The van der Waals surface area contributed by atoms with E-state index in [0.717, 1.165) is 23.1 Å². The molecule has 1 aromatic rings. The summed E-state index contributed by atoms with van der Waals surface area (Å²) in [5.74, 6) is 0.771. The highest BCUT2D eigenvalue weighted by molar-refractivity contribution is 7.88. The Morgan fingerprint density at radius 3 is 2.67 bits per heavy atom. The van der Waals surface area contributed by atoms with Crippen molar-refractivity contribution in [2.45, 2.75) is 20.0 Å². The maximum Gasteiger partial charge on any atom is 0.208 e. The highest BCUT2D eigenvalue weighted by Crippen LogP contribution is 2.19. The van der Waals surface area contributed by atoms with Gasteiger partial charge in [0, 0.05) is 19.6 Å². The van der Waals surface area contributed by atoms with Gasteiger partial charge in [0.1, 0.15) is 18.5 Å². The van der Waals surface area contributed by atoms with Gasteiger partial charge in [0.25, 0.3) is 0 Å². The fourth-order valence-electron chi connectivity index (χ4n) is 1.70. The third-order valence-corrected chi connectivity index (χ3v) is 3.55. The van der Waals surface area contributed by atoms with Gasteiger partial charge >= 0.3 is 0 Å². The molecule has 3 N–H and O–H groups in total. The lowest BCUT2D eigenvalue weighted by Gasteiger charge is -2.15. The van der Waals surface area contributed by atoms with Crippen molar-refractivity contribution in [3.05, 3.63) is 29.3 Å². The number of aliphatic hydroxyl groups is 1. The molecule has 0 aliphatic rings. The van der Waals surface area contributed by atoms with Crippen molar-refractivity contribution < 1.29 is 18.3 Å². The van der Waals surface area contributed by atoms with E-state index in [4.69, 9.17) is 4.74 Å². The highest BCUT2D eigenvalue weighted by Gasteiger charge is 2.07. The Labute approximate surface area is 126 Å². The van der Waals surface area contributed by atoms with Crippen LogP contribution in [-0.2, 0) is 10.0 Å². The minimum atomic E-state index is -3.16. The maximum absolute atomic E-state index is 10.8. The van der Waals surface area contributed by atoms with Crippen LogP contribution in [0.1, 0.15) is 11.1 Å². The zero-order valence-electron chi connectivity index (χ0n) is 12.7. The van der Waals surface area contributed by atoms with Crippen LogP contribution in [0.4, 0.5) is 0 Å². The molecule has 0 aliphatic heterocycles. The third kappa shape index (κ3) is 8.01. The summed E-state index contributed by atoms with van der Waals surface area (Å²) >= 11 is 0. The number of rotatable bonds is 9. The van der Waals surface area contributed by atoms with Crippen molar-refractivity contribution in [2.24, 2.45) is 0 Å².